The molecule has 1 aromatic heterocycles. The summed E-state index contributed by atoms with van der Waals surface area (Å²) in [5, 5.41) is 8.22. The third kappa shape index (κ3) is 3.39. The molecule has 0 saturated carbocycles. The molecular formula is C14H19N3O2. The van der Waals surface area contributed by atoms with Crippen LogP contribution in [0.3, 0.4) is 0 Å². The summed E-state index contributed by atoms with van der Waals surface area (Å²) >= 11 is 0. The van der Waals surface area contributed by atoms with Crippen molar-refractivity contribution in [3.05, 3.63) is 41.7 Å². The predicted molar refractivity (Wildman–Crippen MR) is 72.1 cm³/mol. The van der Waals surface area contributed by atoms with Crippen molar-refractivity contribution < 1.29 is 9.47 Å². The Labute approximate surface area is 113 Å². The van der Waals surface area contributed by atoms with Gasteiger partial charge in [0.2, 0.25) is 6.29 Å². The average Bonchev–Trinajstić information content (AvgIpc) is 2.89. The number of benzene rings is 1. The van der Waals surface area contributed by atoms with E-state index in [1.807, 2.05) is 44.3 Å². The van der Waals surface area contributed by atoms with Crippen molar-refractivity contribution in [1.82, 2.24) is 15.0 Å². The van der Waals surface area contributed by atoms with Gasteiger partial charge in [0.05, 0.1) is 11.9 Å². The number of hydrogen-bond acceptors (Lipinski definition) is 4. The fourth-order valence-electron chi connectivity index (χ4n) is 1.73. The molecule has 102 valence electrons. The summed E-state index contributed by atoms with van der Waals surface area (Å²) in [6.45, 7) is 7.05. The molecule has 0 fully saturated rings. The van der Waals surface area contributed by atoms with Crippen LogP contribution in [-0.2, 0) is 9.47 Å². The van der Waals surface area contributed by atoms with Crippen molar-refractivity contribution in [2.45, 2.75) is 27.1 Å². The molecule has 0 aliphatic carbocycles. The van der Waals surface area contributed by atoms with Crippen molar-refractivity contribution in [3.8, 4) is 5.69 Å². The van der Waals surface area contributed by atoms with E-state index in [4.69, 9.17) is 9.47 Å². The van der Waals surface area contributed by atoms with Gasteiger partial charge in [-0.3, -0.25) is 0 Å². The van der Waals surface area contributed by atoms with Gasteiger partial charge in [-0.25, -0.2) is 4.68 Å². The Hall–Kier alpha value is -1.72. The molecule has 0 bridgehead atoms. The molecule has 1 aromatic carbocycles. The molecule has 0 saturated heterocycles. The molecule has 5 heteroatoms. The van der Waals surface area contributed by atoms with Gasteiger partial charge in [0.15, 0.2) is 0 Å². The Morgan fingerprint density at radius 1 is 1.11 bits per heavy atom. The molecule has 0 N–H and O–H groups in total. The fourth-order valence-corrected chi connectivity index (χ4v) is 1.73. The molecule has 0 unspecified atom stereocenters. The quantitative estimate of drug-likeness (QED) is 0.750. The normalized spacial score (nSPS) is 11.2. The average molecular weight is 261 g/mol. The third-order valence-corrected chi connectivity index (χ3v) is 2.69. The maximum Gasteiger partial charge on any atom is 0.204 e. The van der Waals surface area contributed by atoms with Gasteiger partial charge < -0.3 is 9.47 Å². The number of rotatable bonds is 6. The van der Waals surface area contributed by atoms with Crippen molar-refractivity contribution >= 4 is 0 Å². The van der Waals surface area contributed by atoms with E-state index < -0.39 is 6.29 Å². The van der Waals surface area contributed by atoms with Crippen LogP contribution in [0.1, 0.15) is 31.4 Å². The first-order valence-electron chi connectivity index (χ1n) is 6.47. The number of aromatic nitrogens is 3. The maximum absolute atomic E-state index is 5.50. The summed E-state index contributed by atoms with van der Waals surface area (Å²) in [6.07, 6.45) is 1.38. The van der Waals surface area contributed by atoms with Crippen LogP contribution < -0.4 is 0 Å². The highest BCUT2D eigenvalue weighted by Gasteiger charge is 2.15. The standard InChI is InChI=1S/C14H19N3O2/c1-4-18-14(19-5-2)13-10-17(16-15-13)12-8-6-11(3)7-9-12/h6-10,14H,4-5H2,1-3H3. The van der Waals surface area contributed by atoms with Crippen LogP contribution in [0.25, 0.3) is 5.69 Å². The summed E-state index contributed by atoms with van der Waals surface area (Å²) in [5.74, 6) is 0. The fraction of sp³-hybridized carbons (Fsp3) is 0.429. The molecule has 0 spiro atoms. The number of ether oxygens (including phenoxy) is 2. The lowest BCUT2D eigenvalue weighted by molar-refractivity contribution is -0.142. The second-order valence-electron chi connectivity index (χ2n) is 4.17. The minimum absolute atomic E-state index is 0.450. The van der Waals surface area contributed by atoms with Crippen molar-refractivity contribution in [2.75, 3.05) is 13.2 Å². The zero-order chi connectivity index (χ0) is 13.7. The molecular weight excluding hydrogens is 242 g/mol. The van der Waals surface area contributed by atoms with E-state index in [9.17, 15) is 0 Å². The summed E-state index contributed by atoms with van der Waals surface area (Å²) in [5.41, 5.74) is 2.87. The van der Waals surface area contributed by atoms with E-state index in [2.05, 4.69) is 17.2 Å². The SMILES string of the molecule is CCOC(OCC)c1cn(-c2ccc(C)cc2)nn1. The highest BCUT2D eigenvalue weighted by molar-refractivity contribution is 5.33. The lowest BCUT2D eigenvalue weighted by Crippen LogP contribution is -2.09. The minimum Gasteiger partial charge on any atom is -0.347 e. The van der Waals surface area contributed by atoms with Gasteiger partial charge in [0.25, 0.3) is 0 Å². The van der Waals surface area contributed by atoms with E-state index in [1.54, 1.807) is 4.68 Å². The van der Waals surface area contributed by atoms with Gasteiger partial charge in [-0.1, -0.05) is 22.9 Å². The monoisotopic (exact) mass is 261 g/mol. The largest absolute Gasteiger partial charge is 0.347 e. The van der Waals surface area contributed by atoms with Gasteiger partial charge >= 0.3 is 0 Å². The highest BCUT2D eigenvalue weighted by Crippen LogP contribution is 2.17. The smallest absolute Gasteiger partial charge is 0.204 e. The lowest BCUT2D eigenvalue weighted by Gasteiger charge is -2.13. The molecule has 0 aliphatic rings. The number of nitrogens with zero attached hydrogens (tertiary/aromatic N) is 3. The third-order valence-electron chi connectivity index (χ3n) is 2.69. The Morgan fingerprint density at radius 2 is 1.74 bits per heavy atom. The molecule has 2 rings (SSSR count). The Morgan fingerprint density at radius 3 is 2.32 bits per heavy atom. The van der Waals surface area contributed by atoms with Crippen LogP contribution in [0, 0.1) is 6.92 Å². The van der Waals surface area contributed by atoms with Crippen LogP contribution in [0.5, 0.6) is 0 Å². The molecule has 2 aromatic rings. The van der Waals surface area contributed by atoms with Crippen LogP contribution in [0.2, 0.25) is 0 Å². The van der Waals surface area contributed by atoms with Crippen LogP contribution in [0.4, 0.5) is 0 Å². The first-order chi connectivity index (χ1) is 9.24. The van der Waals surface area contributed by atoms with Gasteiger partial charge in [-0.05, 0) is 32.9 Å². The summed E-state index contributed by atoms with van der Waals surface area (Å²) in [6, 6.07) is 8.09. The Kier molecular flexibility index (Phi) is 4.65. The van der Waals surface area contributed by atoms with E-state index >= 15 is 0 Å². The number of aryl methyl sites for hydroxylation is 1. The molecule has 0 aliphatic heterocycles. The number of hydrogen-bond donors (Lipinski definition) is 0. The zero-order valence-corrected chi connectivity index (χ0v) is 11.5. The van der Waals surface area contributed by atoms with Crippen LogP contribution in [0.15, 0.2) is 30.5 Å². The molecule has 5 nitrogen and oxygen atoms in total. The lowest BCUT2D eigenvalue weighted by atomic mass is 10.2. The van der Waals surface area contributed by atoms with E-state index in [-0.39, 0.29) is 0 Å². The zero-order valence-electron chi connectivity index (χ0n) is 11.5. The van der Waals surface area contributed by atoms with Crippen LogP contribution in [-0.4, -0.2) is 28.2 Å². The van der Waals surface area contributed by atoms with Crippen LogP contribution >= 0.6 is 0 Å². The predicted octanol–water partition coefficient (Wildman–Crippen LogP) is 2.65. The first-order valence-corrected chi connectivity index (χ1v) is 6.47. The molecule has 0 radical (unpaired) electrons. The van der Waals surface area contributed by atoms with E-state index in [0.717, 1.165) is 5.69 Å². The molecule has 0 amide bonds. The maximum atomic E-state index is 5.50. The molecule has 1 heterocycles. The summed E-state index contributed by atoms with van der Waals surface area (Å²) in [7, 11) is 0. The molecule has 19 heavy (non-hydrogen) atoms. The Balaban J connectivity index is 2.19. The van der Waals surface area contributed by atoms with Gasteiger partial charge in [-0.15, -0.1) is 5.10 Å². The summed E-state index contributed by atoms with van der Waals surface area (Å²) < 4.78 is 12.7. The second-order valence-corrected chi connectivity index (χ2v) is 4.17. The van der Waals surface area contributed by atoms with E-state index in [1.165, 1.54) is 5.56 Å². The molecule has 0 atom stereocenters. The van der Waals surface area contributed by atoms with Gasteiger partial charge in [0, 0.05) is 13.2 Å². The second kappa shape index (κ2) is 6.45. The highest BCUT2D eigenvalue weighted by atomic mass is 16.7. The van der Waals surface area contributed by atoms with Gasteiger partial charge in [-0.2, -0.15) is 0 Å². The van der Waals surface area contributed by atoms with Gasteiger partial charge in [0.1, 0.15) is 5.69 Å². The van der Waals surface area contributed by atoms with Crippen molar-refractivity contribution in [3.63, 3.8) is 0 Å². The summed E-state index contributed by atoms with van der Waals surface area (Å²) in [4.78, 5) is 0. The van der Waals surface area contributed by atoms with E-state index in [0.29, 0.717) is 18.9 Å². The topological polar surface area (TPSA) is 49.2 Å². The van der Waals surface area contributed by atoms with Crippen molar-refractivity contribution in [1.29, 1.82) is 0 Å². The van der Waals surface area contributed by atoms with Crippen molar-refractivity contribution in [2.24, 2.45) is 0 Å². The first kappa shape index (κ1) is 13.7. The minimum atomic E-state index is -0.450. The Bertz CT molecular complexity index is 502.